The zero-order chi connectivity index (χ0) is 17.3. The first-order valence-electron chi connectivity index (χ1n) is 7.41. The molecule has 0 saturated carbocycles. The molecule has 0 bridgehead atoms. The Hall–Kier alpha value is -1.79. The maximum absolute atomic E-state index is 11.7. The molecule has 1 N–H and O–H groups in total. The predicted molar refractivity (Wildman–Crippen MR) is 82.3 cm³/mol. The van der Waals surface area contributed by atoms with Gasteiger partial charge in [0, 0.05) is 26.6 Å². The molecule has 22 heavy (non-hydrogen) atoms. The topological polar surface area (TPSA) is 84.9 Å². The van der Waals surface area contributed by atoms with Crippen LogP contribution in [-0.4, -0.2) is 54.7 Å². The smallest absolute Gasteiger partial charge is 0.410 e. The third-order valence-electron chi connectivity index (χ3n) is 2.40. The van der Waals surface area contributed by atoms with Crippen LogP contribution >= 0.6 is 0 Å². The van der Waals surface area contributed by atoms with Gasteiger partial charge < -0.3 is 19.7 Å². The Morgan fingerprint density at radius 1 is 1.14 bits per heavy atom. The number of carbonyl (C=O) groups excluding carboxylic acids is 3. The van der Waals surface area contributed by atoms with Crippen LogP contribution in [0.4, 0.5) is 4.79 Å². The summed E-state index contributed by atoms with van der Waals surface area (Å²) in [6, 6.07) is 0. The number of ether oxygens (including phenoxy) is 2. The molecule has 0 atom stereocenters. The van der Waals surface area contributed by atoms with Crippen LogP contribution in [0, 0.1) is 0 Å². The molecule has 0 spiro atoms. The number of esters is 1. The molecule has 2 amide bonds. The van der Waals surface area contributed by atoms with Gasteiger partial charge in [0.2, 0.25) is 5.91 Å². The summed E-state index contributed by atoms with van der Waals surface area (Å²) in [5.41, 5.74) is -0.565. The molecular formula is C15H28N2O5. The second kappa shape index (κ2) is 9.27. The molecule has 7 nitrogen and oxygen atoms in total. The lowest BCUT2D eigenvalue weighted by atomic mass is 10.2. The van der Waals surface area contributed by atoms with Crippen LogP contribution in [0.25, 0.3) is 0 Å². The van der Waals surface area contributed by atoms with E-state index < -0.39 is 11.7 Å². The minimum Gasteiger partial charge on any atom is -0.463 e. The Morgan fingerprint density at radius 3 is 2.23 bits per heavy atom. The van der Waals surface area contributed by atoms with E-state index in [1.54, 1.807) is 41.7 Å². The molecule has 0 saturated heterocycles. The van der Waals surface area contributed by atoms with Crippen LogP contribution in [0.15, 0.2) is 0 Å². The van der Waals surface area contributed by atoms with Gasteiger partial charge in [-0.05, 0) is 34.6 Å². The minimum absolute atomic E-state index is 0.131. The van der Waals surface area contributed by atoms with Gasteiger partial charge in [-0.15, -0.1) is 0 Å². The maximum Gasteiger partial charge on any atom is 0.410 e. The highest BCUT2D eigenvalue weighted by Crippen LogP contribution is 2.09. The molecule has 0 fully saturated rings. The average molecular weight is 316 g/mol. The zero-order valence-electron chi connectivity index (χ0n) is 14.4. The van der Waals surface area contributed by atoms with E-state index in [0.717, 1.165) is 0 Å². The first-order chi connectivity index (χ1) is 10.0. The van der Waals surface area contributed by atoms with Crippen LogP contribution < -0.4 is 5.32 Å². The largest absolute Gasteiger partial charge is 0.463 e. The lowest BCUT2D eigenvalue weighted by Crippen LogP contribution is -2.37. The van der Waals surface area contributed by atoms with Crippen molar-refractivity contribution in [3.05, 3.63) is 0 Å². The van der Waals surface area contributed by atoms with Crippen molar-refractivity contribution in [1.29, 1.82) is 0 Å². The van der Waals surface area contributed by atoms with Crippen LogP contribution in [0.2, 0.25) is 0 Å². The molecular weight excluding hydrogens is 288 g/mol. The molecule has 0 unspecified atom stereocenters. The number of nitrogens with one attached hydrogen (secondary N) is 1. The molecule has 0 heterocycles. The van der Waals surface area contributed by atoms with Crippen molar-refractivity contribution in [2.24, 2.45) is 0 Å². The lowest BCUT2D eigenvalue weighted by molar-refractivity contribution is -0.147. The second-order valence-electron chi connectivity index (χ2n) is 6.29. The van der Waals surface area contributed by atoms with Crippen molar-refractivity contribution in [2.75, 3.05) is 20.1 Å². The Kier molecular flexibility index (Phi) is 8.52. The Balaban J connectivity index is 3.90. The standard InChI is InChI=1S/C15H28N2O5/c1-11(2)21-13(19)7-9-16-12(18)8-10-17(6)14(20)22-15(3,4)5/h11H,7-10H2,1-6H3,(H,16,18). The van der Waals surface area contributed by atoms with E-state index in [2.05, 4.69) is 5.32 Å². The molecule has 0 rings (SSSR count). The molecule has 0 aliphatic rings. The SMILES string of the molecule is CC(C)OC(=O)CCNC(=O)CCN(C)C(=O)OC(C)(C)C. The van der Waals surface area contributed by atoms with Crippen molar-refractivity contribution < 1.29 is 23.9 Å². The van der Waals surface area contributed by atoms with Crippen molar-refractivity contribution >= 4 is 18.0 Å². The summed E-state index contributed by atoms with van der Waals surface area (Å²) in [5, 5.41) is 2.61. The fourth-order valence-electron chi connectivity index (χ4n) is 1.41. The van der Waals surface area contributed by atoms with Crippen molar-refractivity contribution in [3.8, 4) is 0 Å². The van der Waals surface area contributed by atoms with Gasteiger partial charge >= 0.3 is 12.1 Å². The summed E-state index contributed by atoms with van der Waals surface area (Å²) < 4.78 is 10.1. The van der Waals surface area contributed by atoms with Crippen LogP contribution in [0.3, 0.4) is 0 Å². The molecule has 0 aromatic rings. The molecule has 128 valence electrons. The van der Waals surface area contributed by atoms with E-state index in [1.165, 1.54) is 4.90 Å². The highest BCUT2D eigenvalue weighted by molar-refractivity contribution is 5.78. The fraction of sp³-hybridized carbons (Fsp3) is 0.800. The zero-order valence-corrected chi connectivity index (χ0v) is 14.4. The van der Waals surface area contributed by atoms with E-state index in [0.29, 0.717) is 0 Å². The van der Waals surface area contributed by atoms with Gasteiger partial charge in [0.15, 0.2) is 0 Å². The van der Waals surface area contributed by atoms with Crippen molar-refractivity contribution in [1.82, 2.24) is 10.2 Å². The van der Waals surface area contributed by atoms with Crippen molar-refractivity contribution in [2.45, 2.75) is 59.2 Å². The first-order valence-corrected chi connectivity index (χ1v) is 7.41. The molecule has 0 aromatic carbocycles. The summed E-state index contributed by atoms with van der Waals surface area (Å²) in [5.74, 6) is -0.575. The molecule has 0 aliphatic heterocycles. The highest BCUT2D eigenvalue weighted by Gasteiger charge is 2.19. The number of nitrogens with zero attached hydrogens (tertiary/aromatic N) is 1. The van der Waals surface area contributed by atoms with E-state index >= 15 is 0 Å². The number of hydrogen-bond donors (Lipinski definition) is 1. The molecule has 0 aliphatic carbocycles. The Bertz CT molecular complexity index is 388. The second-order valence-corrected chi connectivity index (χ2v) is 6.29. The number of amides is 2. The van der Waals surface area contributed by atoms with Crippen molar-refractivity contribution in [3.63, 3.8) is 0 Å². The Labute approximate surface area is 132 Å². The van der Waals surface area contributed by atoms with Gasteiger partial charge in [0.1, 0.15) is 5.60 Å². The van der Waals surface area contributed by atoms with Gasteiger partial charge in [-0.3, -0.25) is 9.59 Å². The predicted octanol–water partition coefficient (Wildman–Crippen LogP) is 1.70. The normalized spacial score (nSPS) is 11.0. The number of rotatable bonds is 7. The summed E-state index contributed by atoms with van der Waals surface area (Å²) in [4.78, 5) is 35.9. The summed E-state index contributed by atoms with van der Waals surface area (Å²) in [6.07, 6.45) is -0.354. The third kappa shape index (κ3) is 10.9. The molecule has 7 heteroatoms. The quantitative estimate of drug-likeness (QED) is 0.723. The van der Waals surface area contributed by atoms with Gasteiger partial charge in [-0.25, -0.2) is 4.79 Å². The maximum atomic E-state index is 11.7. The van der Waals surface area contributed by atoms with Gasteiger partial charge in [0.25, 0.3) is 0 Å². The molecule has 0 aromatic heterocycles. The fourth-order valence-corrected chi connectivity index (χ4v) is 1.41. The van der Waals surface area contributed by atoms with Crippen LogP contribution in [0.1, 0.15) is 47.5 Å². The number of carbonyl (C=O) groups is 3. The summed E-state index contributed by atoms with van der Waals surface area (Å²) >= 11 is 0. The first kappa shape index (κ1) is 20.2. The van der Waals surface area contributed by atoms with Gasteiger partial charge in [0.05, 0.1) is 12.5 Å². The molecule has 0 radical (unpaired) electrons. The highest BCUT2D eigenvalue weighted by atomic mass is 16.6. The summed E-state index contributed by atoms with van der Waals surface area (Å²) in [6.45, 7) is 9.34. The van der Waals surface area contributed by atoms with E-state index in [9.17, 15) is 14.4 Å². The lowest BCUT2D eigenvalue weighted by Gasteiger charge is -2.24. The summed E-state index contributed by atoms with van der Waals surface area (Å²) in [7, 11) is 1.57. The Morgan fingerprint density at radius 2 is 1.73 bits per heavy atom. The van der Waals surface area contributed by atoms with E-state index in [1.807, 2.05) is 0 Å². The monoisotopic (exact) mass is 316 g/mol. The average Bonchev–Trinajstić information content (AvgIpc) is 2.32. The van der Waals surface area contributed by atoms with Gasteiger partial charge in [-0.2, -0.15) is 0 Å². The van der Waals surface area contributed by atoms with Gasteiger partial charge in [-0.1, -0.05) is 0 Å². The minimum atomic E-state index is -0.565. The van der Waals surface area contributed by atoms with E-state index in [4.69, 9.17) is 9.47 Å². The third-order valence-corrected chi connectivity index (χ3v) is 2.40. The van der Waals surface area contributed by atoms with Crippen LogP contribution in [0.5, 0.6) is 0 Å². The number of hydrogen-bond acceptors (Lipinski definition) is 5. The van der Waals surface area contributed by atoms with Crippen LogP contribution in [-0.2, 0) is 19.1 Å². The van der Waals surface area contributed by atoms with E-state index in [-0.39, 0.29) is 43.9 Å².